The molecule has 1 aliphatic heterocycles. The van der Waals surface area contributed by atoms with Crippen molar-refractivity contribution in [2.75, 3.05) is 13.1 Å². The summed E-state index contributed by atoms with van der Waals surface area (Å²) in [4.78, 5) is 18.0. The number of nitrogens with zero attached hydrogens (tertiary/aromatic N) is 2. The third kappa shape index (κ3) is 4.53. The fourth-order valence-corrected chi connectivity index (χ4v) is 3.85. The van der Waals surface area contributed by atoms with Crippen LogP contribution in [0.4, 0.5) is 0 Å². The highest BCUT2D eigenvalue weighted by atomic mass is 35.5. The second kappa shape index (κ2) is 7.43. The van der Waals surface area contributed by atoms with E-state index in [-0.39, 0.29) is 5.92 Å². The Kier molecular flexibility index (Phi) is 5.30. The topological polar surface area (TPSA) is 53.4 Å². The molecule has 1 aromatic carbocycles. The number of aromatic nitrogens is 1. The van der Waals surface area contributed by atoms with Gasteiger partial charge in [-0.15, -0.1) is 11.3 Å². The first-order chi connectivity index (χ1) is 11.1. The van der Waals surface area contributed by atoms with E-state index in [0.29, 0.717) is 6.54 Å². The highest BCUT2D eigenvalue weighted by molar-refractivity contribution is 7.09. The van der Waals surface area contributed by atoms with E-state index in [1.165, 1.54) is 5.56 Å². The summed E-state index contributed by atoms with van der Waals surface area (Å²) in [6.07, 6.45) is 2.53. The summed E-state index contributed by atoms with van der Waals surface area (Å²) < 4.78 is 0. The molecule has 23 heavy (non-hydrogen) atoms. The molecule has 3 rings (SSSR count). The molecule has 0 bridgehead atoms. The minimum absolute atomic E-state index is 0.240. The van der Waals surface area contributed by atoms with E-state index in [9.17, 15) is 4.79 Å². The van der Waals surface area contributed by atoms with Gasteiger partial charge in [0, 0.05) is 29.9 Å². The van der Waals surface area contributed by atoms with Gasteiger partial charge in [0.1, 0.15) is 0 Å². The maximum Gasteiger partial charge on any atom is 0.307 e. The van der Waals surface area contributed by atoms with Gasteiger partial charge in [-0.3, -0.25) is 9.69 Å². The Labute approximate surface area is 144 Å². The normalized spacial score (nSPS) is 18.9. The highest BCUT2D eigenvalue weighted by Crippen LogP contribution is 2.21. The molecule has 1 N–H and O–H groups in total. The first kappa shape index (κ1) is 16.4. The van der Waals surface area contributed by atoms with Crippen LogP contribution >= 0.6 is 22.9 Å². The molecule has 122 valence electrons. The second-order valence-corrected chi connectivity index (χ2v) is 7.33. The predicted octanol–water partition coefficient (Wildman–Crippen LogP) is 3.68. The molecule has 1 aliphatic rings. The lowest BCUT2D eigenvalue weighted by molar-refractivity contribution is -0.143. The van der Waals surface area contributed by atoms with Gasteiger partial charge in [0.05, 0.1) is 16.6 Å². The number of halogens is 1. The van der Waals surface area contributed by atoms with Crippen molar-refractivity contribution in [2.24, 2.45) is 5.92 Å². The number of thiazole rings is 1. The summed E-state index contributed by atoms with van der Waals surface area (Å²) in [7, 11) is 0. The summed E-state index contributed by atoms with van der Waals surface area (Å²) in [5, 5.41) is 13.1. The molecule has 2 heterocycles. The Balaban J connectivity index is 1.58. The largest absolute Gasteiger partial charge is 0.481 e. The van der Waals surface area contributed by atoms with Gasteiger partial charge in [-0.1, -0.05) is 23.7 Å². The molecule has 1 saturated heterocycles. The Bertz CT molecular complexity index is 671. The Hall–Kier alpha value is -1.43. The van der Waals surface area contributed by atoms with Crippen LogP contribution in [0.1, 0.15) is 29.1 Å². The number of rotatable bonds is 5. The van der Waals surface area contributed by atoms with E-state index < -0.39 is 5.97 Å². The fraction of sp³-hybridized carbons (Fsp3) is 0.412. The summed E-state index contributed by atoms with van der Waals surface area (Å²) in [5.41, 5.74) is 2.23. The highest BCUT2D eigenvalue weighted by Gasteiger charge is 2.25. The first-order valence-electron chi connectivity index (χ1n) is 7.73. The van der Waals surface area contributed by atoms with E-state index in [4.69, 9.17) is 16.7 Å². The van der Waals surface area contributed by atoms with Crippen molar-refractivity contribution in [3.05, 3.63) is 50.9 Å². The van der Waals surface area contributed by atoms with Crippen LogP contribution in [0.15, 0.2) is 29.6 Å². The summed E-state index contributed by atoms with van der Waals surface area (Å²) >= 11 is 7.56. The number of carbonyl (C=O) groups is 1. The van der Waals surface area contributed by atoms with Crippen LogP contribution < -0.4 is 0 Å². The van der Waals surface area contributed by atoms with Gasteiger partial charge in [-0.05, 0) is 37.1 Å². The maximum absolute atomic E-state index is 11.1. The van der Waals surface area contributed by atoms with Crippen LogP contribution in [0.25, 0.3) is 0 Å². The van der Waals surface area contributed by atoms with Crippen molar-refractivity contribution in [1.29, 1.82) is 0 Å². The lowest BCUT2D eigenvalue weighted by Gasteiger charge is -2.29. The van der Waals surface area contributed by atoms with Crippen molar-refractivity contribution in [3.63, 3.8) is 0 Å². The van der Waals surface area contributed by atoms with Crippen molar-refractivity contribution in [3.8, 4) is 0 Å². The Morgan fingerprint density at radius 1 is 1.39 bits per heavy atom. The molecule has 0 amide bonds. The van der Waals surface area contributed by atoms with Crippen LogP contribution in [0.5, 0.6) is 0 Å². The molecule has 2 aromatic rings. The standard InChI is InChI=1S/C17H19ClN2O2S/c18-14-5-3-12(4-6-14)8-16-19-15(11-23-16)10-20-7-1-2-13(9-20)17(21)22/h3-6,11,13H,1-2,7-10H2,(H,21,22). The van der Waals surface area contributed by atoms with Gasteiger partial charge < -0.3 is 5.11 Å². The number of hydrogen-bond acceptors (Lipinski definition) is 4. The molecule has 0 aliphatic carbocycles. The molecule has 6 heteroatoms. The first-order valence-corrected chi connectivity index (χ1v) is 8.99. The quantitative estimate of drug-likeness (QED) is 0.893. The van der Waals surface area contributed by atoms with Crippen LogP contribution in [-0.4, -0.2) is 34.0 Å². The van der Waals surface area contributed by atoms with Gasteiger partial charge in [-0.2, -0.15) is 0 Å². The maximum atomic E-state index is 11.1. The van der Waals surface area contributed by atoms with Crippen molar-refractivity contribution in [1.82, 2.24) is 9.88 Å². The average molecular weight is 351 g/mol. The van der Waals surface area contributed by atoms with Crippen molar-refractivity contribution >= 4 is 28.9 Å². The lowest BCUT2D eigenvalue weighted by atomic mass is 9.98. The summed E-state index contributed by atoms with van der Waals surface area (Å²) in [6, 6.07) is 7.83. The predicted molar refractivity (Wildman–Crippen MR) is 92.0 cm³/mol. The smallest absolute Gasteiger partial charge is 0.307 e. The molecule has 4 nitrogen and oxygen atoms in total. The number of likely N-dealkylation sites (tertiary alicyclic amines) is 1. The monoisotopic (exact) mass is 350 g/mol. The van der Waals surface area contributed by atoms with Gasteiger partial charge in [0.2, 0.25) is 0 Å². The van der Waals surface area contributed by atoms with E-state index in [0.717, 1.165) is 48.1 Å². The SMILES string of the molecule is O=C(O)C1CCCN(Cc2csc(Cc3ccc(Cl)cc3)n2)C1. The van der Waals surface area contributed by atoms with E-state index in [1.54, 1.807) is 11.3 Å². The Morgan fingerprint density at radius 2 is 2.17 bits per heavy atom. The zero-order valence-corrected chi connectivity index (χ0v) is 14.3. The molecular formula is C17H19ClN2O2S. The van der Waals surface area contributed by atoms with Gasteiger partial charge >= 0.3 is 5.97 Å². The summed E-state index contributed by atoms with van der Waals surface area (Å²) in [6.45, 7) is 2.31. The number of carboxylic acids is 1. The van der Waals surface area contributed by atoms with E-state index in [1.807, 2.05) is 24.3 Å². The van der Waals surface area contributed by atoms with Crippen molar-refractivity contribution < 1.29 is 9.90 Å². The fourth-order valence-electron chi connectivity index (χ4n) is 2.91. The number of piperidine rings is 1. The number of benzene rings is 1. The third-order valence-corrected chi connectivity index (χ3v) is 5.26. The van der Waals surface area contributed by atoms with Crippen LogP contribution in [0.3, 0.4) is 0 Å². The average Bonchev–Trinajstić information content (AvgIpc) is 2.97. The van der Waals surface area contributed by atoms with Gasteiger partial charge in [0.25, 0.3) is 0 Å². The number of hydrogen-bond donors (Lipinski definition) is 1. The number of aliphatic carboxylic acids is 1. The van der Waals surface area contributed by atoms with Crippen LogP contribution in [-0.2, 0) is 17.8 Å². The minimum atomic E-state index is -0.684. The molecule has 1 fully saturated rings. The molecule has 0 spiro atoms. The third-order valence-electron chi connectivity index (χ3n) is 4.11. The summed E-state index contributed by atoms with van der Waals surface area (Å²) in [5.74, 6) is -0.924. The van der Waals surface area contributed by atoms with Crippen LogP contribution in [0.2, 0.25) is 5.02 Å². The zero-order chi connectivity index (χ0) is 16.2. The molecule has 1 aromatic heterocycles. The molecular weight excluding hydrogens is 332 g/mol. The van der Waals surface area contributed by atoms with Crippen LogP contribution in [0, 0.1) is 5.92 Å². The number of carboxylic acid groups (broad SMARTS) is 1. The van der Waals surface area contributed by atoms with E-state index >= 15 is 0 Å². The Morgan fingerprint density at radius 3 is 2.91 bits per heavy atom. The molecule has 0 saturated carbocycles. The molecule has 1 atom stereocenters. The minimum Gasteiger partial charge on any atom is -0.481 e. The van der Waals surface area contributed by atoms with Crippen molar-refractivity contribution in [2.45, 2.75) is 25.8 Å². The molecule has 1 unspecified atom stereocenters. The van der Waals surface area contributed by atoms with E-state index in [2.05, 4.69) is 15.3 Å². The molecule has 0 radical (unpaired) electrons. The van der Waals surface area contributed by atoms with Gasteiger partial charge in [0.15, 0.2) is 0 Å². The lowest BCUT2D eigenvalue weighted by Crippen LogP contribution is -2.38. The van der Waals surface area contributed by atoms with Gasteiger partial charge in [-0.25, -0.2) is 4.98 Å². The second-order valence-electron chi connectivity index (χ2n) is 5.95. The zero-order valence-electron chi connectivity index (χ0n) is 12.7.